The molecule has 0 atom stereocenters. The molecule has 0 aromatic heterocycles. The fraction of sp³-hybridized carbons (Fsp3) is 0.571. The summed E-state index contributed by atoms with van der Waals surface area (Å²) in [6.07, 6.45) is 0. The van der Waals surface area contributed by atoms with Crippen LogP contribution in [0.4, 0.5) is 0 Å². The third kappa shape index (κ3) is 4.95. The summed E-state index contributed by atoms with van der Waals surface area (Å²) in [5, 5.41) is 0. The zero-order chi connectivity index (χ0) is 11.9. The number of rotatable bonds is 0. The number of hydrogen-bond acceptors (Lipinski definition) is 0. The van der Waals surface area contributed by atoms with Crippen molar-refractivity contribution >= 4 is 28.7 Å². The summed E-state index contributed by atoms with van der Waals surface area (Å²) < 4.78 is 1.46. The van der Waals surface area contributed by atoms with Crippen molar-refractivity contribution in [2.75, 3.05) is 0 Å². The number of hydrogen-bond donors (Lipinski definition) is 0. The van der Waals surface area contributed by atoms with E-state index in [4.69, 9.17) is 0 Å². The molecule has 0 aliphatic rings. The van der Waals surface area contributed by atoms with Crippen molar-refractivity contribution < 1.29 is 20.4 Å². The third-order valence-corrected chi connectivity index (χ3v) is 3.52. The van der Waals surface area contributed by atoms with Crippen molar-refractivity contribution in [3.8, 4) is 0 Å². The Hall–Kier alpha value is 0.514. The van der Waals surface area contributed by atoms with Gasteiger partial charge in [0, 0.05) is 0 Å². The first-order valence-electron chi connectivity index (χ1n) is 5.49. The van der Waals surface area contributed by atoms with Crippen molar-refractivity contribution in [3.05, 3.63) is 29.3 Å². The van der Waals surface area contributed by atoms with Gasteiger partial charge in [-0.05, 0) is 0 Å². The average Bonchev–Trinajstić information content (AvgIpc) is 1.99. The van der Waals surface area contributed by atoms with E-state index in [9.17, 15) is 0 Å². The van der Waals surface area contributed by atoms with Gasteiger partial charge in [0.05, 0.1) is 0 Å². The third-order valence-electron chi connectivity index (χ3n) is 2.68. The van der Waals surface area contributed by atoms with Crippen LogP contribution < -0.4 is 3.87 Å². The molecule has 17 heavy (non-hydrogen) atoms. The van der Waals surface area contributed by atoms with Crippen LogP contribution in [0, 0.1) is 0 Å². The summed E-state index contributed by atoms with van der Waals surface area (Å²) in [5.41, 5.74) is 3.42. The standard InChI is InChI=1S/C14H21.2ClH.Ti/c1-13(2,3)11-8-7-9-12(10-11)14(4,5)6;;;/h7-9H,1-6H3;2*1H;. The van der Waals surface area contributed by atoms with Gasteiger partial charge >= 0.3 is 106 Å². The predicted octanol–water partition coefficient (Wildman–Crippen LogP) is 4.30. The molecule has 97 valence electrons. The van der Waals surface area contributed by atoms with Crippen molar-refractivity contribution in [3.63, 3.8) is 0 Å². The zero-order valence-electron chi connectivity index (χ0n) is 11.5. The van der Waals surface area contributed by atoms with Gasteiger partial charge in [0.1, 0.15) is 0 Å². The molecule has 0 amide bonds. The fourth-order valence-electron chi connectivity index (χ4n) is 1.80. The molecule has 0 aliphatic carbocycles. The van der Waals surface area contributed by atoms with E-state index in [0.717, 1.165) is 0 Å². The van der Waals surface area contributed by atoms with Crippen LogP contribution in [0.1, 0.15) is 52.7 Å². The largest absolute Gasteiger partial charge is 0.147 e. The minimum Gasteiger partial charge on any atom is -0.147 e. The minimum atomic E-state index is 0. The smallest absolute Gasteiger partial charge is 0.147 e. The molecule has 1 rings (SSSR count). The van der Waals surface area contributed by atoms with Crippen molar-refractivity contribution in [1.82, 2.24) is 0 Å². The van der Waals surface area contributed by atoms with E-state index >= 15 is 0 Å². The van der Waals surface area contributed by atoms with Gasteiger partial charge in [-0.1, -0.05) is 0 Å². The van der Waals surface area contributed by atoms with Gasteiger partial charge in [-0.25, -0.2) is 0 Å². The molecule has 0 radical (unpaired) electrons. The summed E-state index contributed by atoms with van der Waals surface area (Å²) in [7, 11) is 0. The van der Waals surface area contributed by atoms with E-state index in [0.29, 0.717) is 0 Å². The van der Waals surface area contributed by atoms with E-state index in [1.807, 2.05) is 0 Å². The molecule has 3 heteroatoms. The molecule has 0 aliphatic heterocycles. The minimum absolute atomic E-state index is 0. The van der Waals surface area contributed by atoms with E-state index in [1.54, 1.807) is 0 Å². The maximum atomic E-state index is 2.28. The average molecular weight is 310 g/mol. The Morgan fingerprint density at radius 1 is 0.765 bits per heavy atom. The van der Waals surface area contributed by atoms with Crippen LogP contribution in [-0.4, -0.2) is 0 Å². The van der Waals surface area contributed by atoms with Crippen LogP contribution in [0.15, 0.2) is 18.2 Å². The molecule has 0 heterocycles. The molecule has 0 unspecified atom stereocenters. The van der Waals surface area contributed by atoms with Gasteiger partial charge in [-0.2, -0.15) is 0 Å². The maximum absolute atomic E-state index is 2.28. The first-order valence-corrected chi connectivity index (χ1v) is 6.27. The van der Waals surface area contributed by atoms with Crippen molar-refractivity contribution in [2.24, 2.45) is 0 Å². The van der Waals surface area contributed by atoms with E-state index in [-0.39, 0.29) is 35.6 Å². The van der Waals surface area contributed by atoms with E-state index in [2.05, 4.69) is 80.2 Å². The molecule has 0 nitrogen and oxygen atoms in total. The van der Waals surface area contributed by atoms with Crippen LogP contribution in [0.3, 0.4) is 0 Å². The molecule has 0 N–H and O–H groups in total. The second-order valence-corrected chi connectivity index (χ2v) is 7.01. The summed E-state index contributed by atoms with van der Waals surface area (Å²) in [6.45, 7) is 13.7. The van der Waals surface area contributed by atoms with Crippen LogP contribution in [0.25, 0.3) is 0 Å². The van der Waals surface area contributed by atoms with E-state index < -0.39 is 0 Å². The summed E-state index contributed by atoms with van der Waals surface area (Å²) in [4.78, 5) is 0. The van der Waals surface area contributed by atoms with Gasteiger partial charge in [0.2, 0.25) is 0 Å². The molecular weight excluding hydrogens is 287 g/mol. The van der Waals surface area contributed by atoms with Gasteiger partial charge in [0.15, 0.2) is 0 Å². The number of halogens is 2. The van der Waals surface area contributed by atoms with Gasteiger partial charge in [-0.3, -0.25) is 0 Å². The Balaban J connectivity index is 0. The molecule has 0 saturated carbocycles. The summed E-state index contributed by atoms with van der Waals surface area (Å²) in [6, 6.07) is 6.70. The Morgan fingerprint density at radius 2 is 1.06 bits per heavy atom. The molecule has 0 saturated heterocycles. The Morgan fingerprint density at radius 3 is 1.29 bits per heavy atom. The summed E-state index contributed by atoms with van der Waals surface area (Å²) >= 11 is 2.25. The molecule has 1 aromatic carbocycles. The monoisotopic (exact) mass is 309 g/mol. The summed E-state index contributed by atoms with van der Waals surface area (Å²) in [5.74, 6) is 0. The van der Waals surface area contributed by atoms with Crippen LogP contribution in [-0.2, 0) is 31.3 Å². The van der Waals surface area contributed by atoms with Gasteiger partial charge in [-0.15, -0.1) is 24.8 Å². The van der Waals surface area contributed by atoms with E-state index in [1.165, 1.54) is 15.0 Å². The first-order chi connectivity index (χ1) is 6.64. The zero-order valence-corrected chi connectivity index (χ0v) is 14.7. The molecular formula is C14H23Cl2Ti. The first kappa shape index (κ1) is 19.8. The second-order valence-electron chi connectivity index (χ2n) is 6.23. The normalized spacial score (nSPS) is 11.4. The van der Waals surface area contributed by atoms with Crippen LogP contribution >= 0.6 is 24.8 Å². The van der Waals surface area contributed by atoms with Gasteiger partial charge < -0.3 is 0 Å². The number of benzene rings is 1. The molecule has 0 spiro atoms. The van der Waals surface area contributed by atoms with Crippen LogP contribution in [0.5, 0.6) is 0 Å². The Labute approximate surface area is 130 Å². The molecule has 0 fully saturated rings. The topological polar surface area (TPSA) is 0 Å². The van der Waals surface area contributed by atoms with Gasteiger partial charge in [0.25, 0.3) is 0 Å². The molecule has 0 bridgehead atoms. The predicted molar refractivity (Wildman–Crippen MR) is 78.0 cm³/mol. The van der Waals surface area contributed by atoms with Crippen molar-refractivity contribution in [1.29, 1.82) is 0 Å². The Bertz CT molecular complexity index is 327. The fourth-order valence-corrected chi connectivity index (χ4v) is 3.23. The SMILES string of the molecule is CC(C)(C)c1cccc(C(C)(C)C)[c]1[Ti].Cl.Cl. The quantitative estimate of drug-likeness (QED) is 0.627. The maximum Gasteiger partial charge on any atom is -0.147 e. The molecule has 1 aromatic rings. The van der Waals surface area contributed by atoms with Crippen LogP contribution in [0.2, 0.25) is 0 Å². The Kier molecular flexibility index (Phi) is 7.72. The van der Waals surface area contributed by atoms with Crippen molar-refractivity contribution in [2.45, 2.75) is 52.4 Å². The second kappa shape index (κ2) is 6.61.